The Hall–Kier alpha value is -0.980. The molecule has 1 aliphatic rings. The van der Waals surface area contributed by atoms with E-state index in [9.17, 15) is 5.11 Å². The average molecular weight is 369 g/mol. The predicted octanol–water partition coefficient (Wildman–Crippen LogP) is 2.55. The van der Waals surface area contributed by atoms with Crippen LogP contribution in [0.5, 0.6) is 0 Å². The van der Waals surface area contributed by atoms with Crippen LogP contribution in [-0.2, 0) is 16.1 Å². The number of aliphatic hydroxyl groups excluding tert-OH is 2. The monoisotopic (exact) mass is 368 g/mol. The Morgan fingerprint density at radius 1 is 1.36 bits per heavy atom. The van der Waals surface area contributed by atoms with Gasteiger partial charge in [0.2, 0.25) is 0 Å². The maximum Gasteiger partial charge on any atom is 0.115 e. The minimum Gasteiger partial charge on any atom is -0.392 e. The van der Waals surface area contributed by atoms with Gasteiger partial charge in [0.05, 0.1) is 19.3 Å². The first-order valence-corrected chi connectivity index (χ1v) is 8.05. The summed E-state index contributed by atoms with van der Waals surface area (Å²) in [5, 5.41) is 18.7. The van der Waals surface area contributed by atoms with Gasteiger partial charge in [-0.3, -0.25) is 0 Å². The smallest absolute Gasteiger partial charge is 0.115 e. The highest BCUT2D eigenvalue weighted by Gasteiger charge is 2.32. The normalized spacial score (nSPS) is 26.9. The van der Waals surface area contributed by atoms with E-state index in [0.717, 1.165) is 10.0 Å². The highest BCUT2D eigenvalue weighted by atomic mass is 79.9. The second kappa shape index (κ2) is 8.60. The molecule has 0 aromatic heterocycles. The fourth-order valence-corrected chi connectivity index (χ4v) is 3.01. The van der Waals surface area contributed by atoms with Gasteiger partial charge < -0.3 is 19.7 Å². The summed E-state index contributed by atoms with van der Waals surface area (Å²) in [7, 11) is 0. The van der Waals surface area contributed by atoms with E-state index in [4.69, 9.17) is 14.6 Å². The summed E-state index contributed by atoms with van der Waals surface area (Å²) >= 11 is 3.44. The maximum absolute atomic E-state index is 9.77. The fourth-order valence-electron chi connectivity index (χ4n) is 2.26. The van der Waals surface area contributed by atoms with Gasteiger partial charge in [0, 0.05) is 4.48 Å². The minimum atomic E-state index is -0.634. The molecule has 2 N–H and O–H groups in total. The van der Waals surface area contributed by atoms with Crippen molar-refractivity contribution in [3.63, 3.8) is 0 Å². The third-order valence-electron chi connectivity index (χ3n) is 3.38. The zero-order valence-corrected chi connectivity index (χ0v) is 14.0. The van der Waals surface area contributed by atoms with Crippen molar-refractivity contribution < 1.29 is 19.7 Å². The number of benzene rings is 1. The zero-order chi connectivity index (χ0) is 15.9. The minimum absolute atomic E-state index is 0.0600. The molecule has 0 amide bonds. The summed E-state index contributed by atoms with van der Waals surface area (Å²) in [6.07, 6.45) is 3.60. The lowest BCUT2D eigenvalue weighted by atomic mass is 10.1. The predicted molar refractivity (Wildman–Crippen MR) is 88.6 cm³/mol. The molecule has 0 unspecified atom stereocenters. The van der Waals surface area contributed by atoms with E-state index < -0.39 is 12.2 Å². The Morgan fingerprint density at radius 3 is 2.73 bits per heavy atom. The van der Waals surface area contributed by atoms with Crippen molar-refractivity contribution in [1.82, 2.24) is 0 Å². The first-order chi connectivity index (χ1) is 10.6. The van der Waals surface area contributed by atoms with Gasteiger partial charge in [-0.15, -0.1) is 0 Å². The van der Waals surface area contributed by atoms with E-state index in [0.29, 0.717) is 6.61 Å². The lowest BCUT2D eigenvalue weighted by Gasteiger charge is -2.34. The Kier molecular flexibility index (Phi) is 6.79. The van der Waals surface area contributed by atoms with Crippen molar-refractivity contribution in [3.05, 3.63) is 58.6 Å². The Morgan fingerprint density at radius 2 is 2.09 bits per heavy atom. The number of ether oxygens (including phenoxy) is 2. The molecule has 1 aromatic rings. The molecular weight excluding hydrogens is 348 g/mol. The third-order valence-corrected chi connectivity index (χ3v) is 4.09. The van der Waals surface area contributed by atoms with Crippen LogP contribution in [0.1, 0.15) is 12.5 Å². The van der Waals surface area contributed by atoms with Crippen LogP contribution in [-0.4, -0.2) is 41.2 Å². The van der Waals surface area contributed by atoms with E-state index in [1.54, 1.807) is 19.1 Å². The molecule has 1 aromatic carbocycles. The SMILES string of the molecule is C[C@H](O)[C@H]1O[C@H](/C=C/CO)[C@H](OCc2ccccc2)C=C1Br. The number of rotatable bonds is 6. The lowest BCUT2D eigenvalue weighted by Crippen LogP contribution is -2.41. The second-order valence-electron chi connectivity index (χ2n) is 5.19. The van der Waals surface area contributed by atoms with E-state index >= 15 is 0 Å². The highest BCUT2D eigenvalue weighted by molar-refractivity contribution is 9.11. The van der Waals surface area contributed by atoms with E-state index in [2.05, 4.69) is 15.9 Å². The molecule has 0 bridgehead atoms. The third kappa shape index (κ3) is 4.76. The molecular formula is C17H21BrO4. The molecule has 0 spiro atoms. The van der Waals surface area contributed by atoms with Gasteiger partial charge in [0.15, 0.2) is 0 Å². The topological polar surface area (TPSA) is 58.9 Å². The van der Waals surface area contributed by atoms with Crippen LogP contribution < -0.4 is 0 Å². The lowest BCUT2D eigenvalue weighted by molar-refractivity contribution is -0.0955. The van der Waals surface area contributed by atoms with Gasteiger partial charge in [-0.1, -0.05) is 58.4 Å². The van der Waals surface area contributed by atoms with Crippen LogP contribution >= 0.6 is 15.9 Å². The number of aliphatic hydroxyl groups is 2. The second-order valence-corrected chi connectivity index (χ2v) is 6.10. The van der Waals surface area contributed by atoms with Crippen LogP contribution in [0.15, 0.2) is 53.0 Å². The van der Waals surface area contributed by atoms with Crippen LogP contribution in [0.25, 0.3) is 0 Å². The molecule has 0 saturated heterocycles. The fraction of sp³-hybridized carbons (Fsp3) is 0.412. The quantitative estimate of drug-likeness (QED) is 0.757. The van der Waals surface area contributed by atoms with Crippen molar-refractivity contribution in [2.45, 2.75) is 37.9 Å². The van der Waals surface area contributed by atoms with Gasteiger partial charge in [-0.05, 0) is 18.6 Å². The van der Waals surface area contributed by atoms with Crippen LogP contribution in [0.3, 0.4) is 0 Å². The van der Waals surface area contributed by atoms with E-state index in [-0.39, 0.29) is 18.8 Å². The molecule has 1 aliphatic heterocycles. The average Bonchev–Trinajstić information content (AvgIpc) is 2.52. The number of halogens is 1. The summed E-state index contributed by atoms with van der Waals surface area (Å²) in [5.74, 6) is 0. The summed E-state index contributed by atoms with van der Waals surface area (Å²) in [6, 6.07) is 9.89. The first kappa shape index (κ1) is 17.4. The van der Waals surface area contributed by atoms with Crippen molar-refractivity contribution in [3.8, 4) is 0 Å². The van der Waals surface area contributed by atoms with E-state index in [1.807, 2.05) is 36.4 Å². The van der Waals surface area contributed by atoms with Crippen LogP contribution in [0, 0.1) is 0 Å². The highest BCUT2D eigenvalue weighted by Crippen LogP contribution is 2.29. The van der Waals surface area contributed by atoms with Gasteiger partial charge in [-0.25, -0.2) is 0 Å². The van der Waals surface area contributed by atoms with Crippen molar-refractivity contribution in [2.24, 2.45) is 0 Å². The zero-order valence-electron chi connectivity index (χ0n) is 12.4. The summed E-state index contributed by atoms with van der Waals surface area (Å²) < 4.78 is 12.6. The van der Waals surface area contributed by atoms with Crippen LogP contribution in [0.2, 0.25) is 0 Å². The molecule has 2 rings (SSSR count). The van der Waals surface area contributed by atoms with Crippen molar-refractivity contribution in [1.29, 1.82) is 0 Å². The summed E-state index contributed by atoms with van der Waals surface area (Å²) in [6.45, 7) is 2.09. The van der Waals surface area contributed by atoms with Gasteiger partial charge in [0.1, 0.15) is 18.3 Å². The number of hydrogen-bond acceptors (Lipinski definition) is 4. The molecule has 0 radical (unpaired) electrons. The van der Waals surface area contributed by atoms with Gasteiger partial charge in [-0.2, -0.15) is 0 Å². The molecule has 22 heavy (non-hydrogen) atoms. The molecule has 0 saturated carbocycles. The largest absolute Gasteiger partial charge is 0.392 e. The summed E-state index contributed by atoms with van der Waals surface area (Å²) in [4.78, 5) is 0. The first-order valence-electron chi connectivity index (χ1n) is 7.25. The van der Waals surface area contributed by atoms with Crippen LogP contribution in [0.4, 0.5) is 0 Å². The van der Waals surface area contributed by atoms with E-state index in [1.165, 1.54) is 0 Å². The Bertz CT molecular complexity index is 513. The van der Waals surface area contributed by atoms with Crippen molar-refractivity contribution >= 4 is 15.9 Å². The molecule has 1 heterocycles. The van der Waals surface area contributed by atoms with Gasteiger partial charge >= 0.3 is 0 Å². The molecule has 4 nitrogen and oxygen atoms in total. The molecule has 0 aliphatic carbocycles. The Balaban J connectivity index is 2.09. The van der Waals surface area contributed by atoms with Crippen molar-refractivity contribution in [2.75, 3.05) is 6.61 Å². The van der Waals surface area contributed by atoms with Gasteiger partial charge in [0.25, 0.3) is 0 Å². The maximum atomic E-state index is 9.77. The molecule has 4 atom stereocenters. The Labute approximate surface area is 139 Å². The summed E-state index contributed by atoms with van der Waals surface area (Å²) in [5.41, 5.74) is 1.08. The molecule has 0 fully saturated rings. The standard InChI is InChI=1S/C17H21BrO4/c1-12(20)17-14(18)10-16(15(22-17)8-5-9-19)21-11-13-6-3-2-4-7-13/h2-8,10,12,15-17,19-20H,9,11H2,1H3/b8-5+/t12-,15+,16+,17+/m0/s1. The number of hydrogen-bond donors (Lipinski definition) is 2. The molecule has 5 heteroatoms. The molecule has 120 valence electrons.